The maximum Gasteiger partial charge on any atom is 0.274 e. The largest absolute Gasteiger partial charge is 0.274 e. The number of rotatable bonds is 3. The van der Waals surface area contributed by atoms with Gasteiger partial charge in [-0.15, -0.1) is 0 Å². The standard InChI is InChI=1S/C17H17FN2O/c1-11-8-9-14(12(2)10-11)13(3)19-20-17(21)15-6-4-5-7-16(15)18/h4-10H,1-3H3,(H,20,21). The average molecular weight is 284 g/mol. The van der Waals surface area contributed by atoms with Crippen LogP contribution in [0.15, 0.2) is 47.6 Å². The van der Waals surface area contributed by atoms with Gasteiger partial charge in [-0.1, -0.05) is 35.9 Å². The Morgan fingerprint density at radius 2 is 1.81 bits per heavy atom. The molecule has 0 saturated heterocycles. The first kappa shape index (κ1) is 14.9. The molecule has 0 radical (unpaired) electrons. The Morgan fingerprint density at radius 3 is 2.48 bits per heavy atom. The second-order valence-electron chi connectivity index (χ2n) is 4.94. The van der Waals surface area contributed by atoms with E-state index < -0.39 is 11.7 Å². The third-order valence-corrected chi connectivity index (χ3v) is 3.22. The highest BCUT2D eigenvalue weighted by Crippen LogP contribution is 2.12. The molecule has 2 aromatic carbocycles. The number of amides is 1. The van der Waals surface area contributed by atoms with E-state index in [1.165, 1.54) is 23.8 Å². The minimum atomic E-state index is -0.561. The lowest BCUT2D eigenvalue weighted by Crippen LogP contribution is -2.20. The molecule has 2 rings (SSSR count). The van der Waals surface area contributed by atoms with Crippen LogP contribution in [0.4, 0.5) is 4.39 Å². The zero-order valence-corrected chi connectivity index (χ0v) is 12.3. The fraction of sp³-hybridized carbons (Fsp3) is 0.176. The van der Waals surface area contributed by atoms with Crippen LogP contribution < -0.4 is 5.43 Å². The van der Waals surface area contributed by atoms with E-state index in [1.54, 1.807) is 13.0 Å². The number of hydrogen-bond donors (Lipinski definition) is 1. The van der Waals surface area contributed by atoms with Crippen molar-refractivity contribution < 1.29 is 9.18 Å². The fourth-order valence-electron chi connectivity index (χ4n) is 2.12. The lowest BCUT2D eigenvalue weighted by Gasteiger charge is -2.07. The number of nitrogens with one attached hydrogen (secondary N) is 1. The number of carbonyl (C=O) groups is 1. The third kappa shape index (κ3) is 3.54. The highest BCUT2D eigenvalue weighted by Gasteiger charge is 2.10. The van der Waals surface area contributed by atoms with E-state index in [9.17, 15) is 9.18 Å². The minimum Gasteiger partial charge on any atom is -0.267 e. The van der Waals surface area contributed by atoms with E-state index in [4.69, 9.17) is 0 Å². The molecule has 4 heteroatoms. The van der Waals surface area contributed by atoms with Gasteiger partial charge < -0.3 is 0 Å². The molecule has 0 aliphatic rings. The van der Waals surface area contributed by atoms with Gasteiger partial charge in [0.15, 0.2) is 0 Å². The topological polar surface area (TPSA) is 41.5 Å². The number of carbonyl (C=O) groups excluding carboxylic acids is 1. The summed E-state index contributed by atoms with van der Waals surface area (Å²) in [5, 5.41) is 4.05. The van der Waals surface area contributed by atoms with E-state index in [0.717, 1.165) is 11.1 Å². The SMILES string of the molecule is CC(=NNC(=O)c1ccccc1F)c1ccc(C)cc1C. The van der Waals surface area contributed by atoms with Gasteiger partial charge in [0.25, 0.3) is 5.91 Å². The molecule has 0 saturated carbocycles. The lowest BCUT2D eigenvalue weighted by molar-refractivity contribution is 0.0951. The maximum absolute atomic E-state index is 13.5. The quantitative estimate of drug-likeness (QED) is 0.679. The molecule has 0 atom stereocenters. The molecular weight excluding hydrogens is 267 g/mol. The van der Waals surface area contributed by atoms with Crippen LogP contribution in [0.1, 0.15) is 34.0 Å². The number of halogens is 1. The molecule has 1 N–H and O–H groups in total. The van der Waals surface area contributed by atoms with Crippen molar-refractivity contribution in [1.82, 2.24) is 5.43 Å². The van der Waals surface area contributed by atoms with E-state index in [2.05, 4.69) is 10.5 Å². The van der Waals surface area contributed by atoms with Gasteiger partial charge in [0.1, 0.15) is 5.82 Å². The van der Waals surface area contributed by atoms with Gasteiger partial charge >= 0.3 is 0 Å². The molecule has 2 aromatic rings. The van der Waals surface area contributed by atoms with Crippen molar-refractivity contribution >= 4 is 11.6 Å². The molecule has 0 aliphatic heterocycles. The Labute approximate surface area is 123 Å². The first-order chi connectivity index (χ1) is 9.99. The molecule has 108 valence electrons. The zero-order chi connectivity index (χ0) is 15.4. The molecule has 3 nitrogen and oxygen atoms in total. The molecule has 0 aromatic heterocycles. The normalized spacial score (nSPS) is 11.3. The fourth-order valence-corrected chi connectivity index (χ4v) is 2.12. The molecule has 0 bridgehead atoms. The Morgan fingerprint density at radius 1 is 1.10 bits per heavy atom. The molecule has 0 aliphatic carbocycles. The summed E-state index contributed by atoms with van der Waals surface area (Å²) in [7, 11) is 0. The summed E-state index contributed by atoms with van der Waals surface area (Å²) in [6, 6.07) is 11.8. The van der Waals surface area contributed by atoms with Crippen LogP contribution in [0, 0.1) is 19.7 Å². The molecule has 0 heterocycles. The van der Waals surface area contributed by atoms with Crippen LogP contribution in [0.2, 0.25) is 0 Å². The summed E-state index contributed by atoms with van der Waals surface area (Å²) in [6.45, 7) is 5.81. The van der Waals surface area contributed by atoms with E-state index >= 15 is 0 Å². The summed E-state index contributed by atoms with van der Waals surface area (Å²) in [5.74, 6) is -1.12. The van der Waals surface area contributed by atoms with Crippen LogP contribution in [0.25, 0.3) is 0 Å². The first-order valence-electron chi connectivity index (χ1n) is 6.66. The Bertz CT molecular complexity index is 708. The predicted octanol–water partition coefficient (Wildman–Crippen LogP) is 3.60. The zero-order valence-electron chi connectivity index (χ0n) is 12.3. The van der Waals surface area contributed by atoms with Gasteiger partial charge in [0, 0.05) is 5.56 Å². The number of aryl methyl sites for hydroxylation is 2. The van der Waals surface area contributed by atoms with Crippen LogP contribution in [-0.2, 0) is 0 Å². The molecule has 21 heavy (non-hydrogen) atoms. The minimum absolute atomic E-state index is 0.0188. The number of nitrogens with zero attached hydrogens (tertiary/aromatic N) is 1. The van der Waals surface area contributed by atoms with E-state index in [1.807, 2.05) is 32.0 Å². The summed E-state index contributed by atoms with van der Waals surface area (Å²) >= 11 is 0. The molecule has 0 unspecified atom stereocenters. The average Bonchev–Trinajstić information content (AvgIpc) is 2.45. The summed E-state index contributed by atoms with van der Waals surface area (Å²) in [4.78, 5) is 11.9. The van der Waals surface area contributed by atoms with Crippen molar-refractivity contribution in [2.24, 2.45) is 5.10 Å². The Kier molecular flexibility index (Phi) is 4.48. The number of benzene rings is 2. The second kappa shape index (κ2) is 6.31. The van der Waals surface area contributed by atoms with Crippen LogP contribution in [0.5, 0.6) is 0 Å². The lowest BCUT2D eigenvalue weighted by atomic mass is 10.0. The summed E-state index contributed by atoms with van der Waals surface area (Å²) in [5.41, 5.74) is 6.25. The maximum atomic E-state index is 13.5. The van der Waals surface area contributed by atoms with Crippen LogP contribution >= 0.6 is 0 Å². The number of hydrazone groups is 1. The molecule has 1 amide bonds. The third-order valence-electron chi connectivity index (χ3n) is 3.22. The Balaban J connectivity index is 2.17. The first-order valence-corrected chi connectivity index (χ1v) is 6.66. The van der Waals surface area contributed by atoms with Gasteiger partial charge in [-0.25, -0.2) is 9.82 Å². The van der Waals surface area contributed by atoms with Gasteiger partial charge in [-0.2, -0.15) is 5.10 Å². The van der Waals surface area contributed by atoms with Crippen LogP contribution in [0.3, 0.4) is 0 Å². The van der Waals surface area contributed by atoms with Gasteiger partial charge in [0.05, 0.1) is 11.3 Å². The summed E-state index contributed by atoms with van der Waals surface area (Å²) < 4.78 is 13.5. The van der Waals surface area contributed by atoms with Crippen LogP contribution in [-0.4, -0.2) is 11.6 Å². The second-order valence-corrected chi connectivity index (χ2v) is 4.94. The summed E-state index contributed by atoms with van der Waals surface area (Å²) in [6.07, 6.45) is 0. The van der Waals surface area contributed by atoms with Gasteiger partial charge in [-0.3, -0.25) is 4.79 Å². The monoisotopic (exact) mass is 284 g/mol. The van der Waals surface area contributed by atoms with Gasteiger partial charge in [-0.05, 0) is 38.5 Å². The molecule has 0 fully saturated rings. The molecule has 0 spiro atoms. The van der Waals surface area contributed by atoms with Gasteiger partial charge in [0.2, 0.25) is 0 Å². The highest BCUT2D eigenvalue weighted by atomic mass is 19.1. The molecular formula is C17H17FN2O. The Hall–Kier alpha value is -2.49. The highest BCUT2D eigenvalue weighted by molar-refractivity contribution is 6.01. The van der Waals surface area contributed by atoms with Crippen molar-refractivity contribution in [2.75, 3.05) is 0 Å². The van der Waals surface area contributed by atoms with Crippen molar-refractivity contribution in [1.29, 1.82) is 0 Å². The van der Waals surface area contributed by atoms with E-state index in [-0.39, 0.29) is 5.56 Å². The van der Waals surface area contributed by atoms with E-state index in [0.29, 0.717) is 5.71 Å². The smallest absolute Gasteiger partial charge is 0.267 e. The van der Waals surface area contributed by atoms with Crippen molar-refractivity contribution in [3.8, 4) is 0 Å². The van der Waals surface area contributed by atoms with Crippen molar-refractivity contribution in [2.45, 2.75) is 20.8 Å². The van der Waals surface area contributed by atoms with Crippen molar-refractivity contribution in [3.05, 3.63) is 70.5 Å². The van der Waals surface area contributed by atoms with Crippen molar-refractivity contribution in [3.63, 3.8) is 0 Å². The predicted molar refractivity (Wildman–Crippen MR) is 82.0 cm³/mol. The number of hydrogen-bond acceptors (Lipinski definition) is 2.